The Balaban J connectivity index is 2.67. The molecule has 5 nitrogen and oxygen atoms in total. The zero-order chi connectivity index (χ0) is 13.0. The van der Waals surface area contributed by atoms with Gasteiger partial charge in [-0.25, -0.2) is 4.98 Å². The molecule has 1 amide bonds. The average molecular weight is 256 g/mol. The van der Waals surface area contributed by atoms with E-state index in [-0.39, 0.29) is 18.2 Å². The molecule has 1 rings (SSSR count). The molecule has 94 valence electrons. The van der Waals surface area contributed by atoms with Crippen molar-refractivity contribution in [2.75, 3.05) is 5.32 Å². The fourth-order valence-electron chi connectivity index (χ4n) is 1.18. The number of nitrogens with one attached hydrogen (secondary N) is 1. The molecule has 0 spiro atoms. The number of hydrogen-bond acceptors (Lipinski definition) is 4. The van der Waals surface area contributed by atoms with Gasteiger partial charge >= 0.3 is 5.97 Å². The number of rotatable bonds is 5. The van der Waals surface area contributed by atoms with Crippen molar-refractivity contribution in [1.82, 2.24) is 4.98 Å². The summed E-state index contributed by atoms with van der Waals surface area (Å²) in [6.45, 7) is 5.43. The largest absolute Gasteiger partial charge is 0.481 e. The number of anilines is 1. The normalized spacial score (nSPS) is 10.6. The third-order valence-electron chi connectivity index (χ3n) is 2.21. The van der Waals surface area contributed by atoms with Crippen LogP contribution in [0.2, 0.25) is 0 Å². The second-order valence-corrected chi connectivity index (χ2v) is 5.15. The first kappa shape index (κ1) is 13.6. The van der Waals surface area contributed by atoms with Gasteiger partial charge in [0.25, 0.3) is 0 Å². The highest BCUT2D eigenvalue weighted by Crippen LogP contribution is 2.24. The van der Waals surface area contributed by atoms with Gasteiger partial charge in [0, 0.05) is 10.8 Å². The third-order valence-corrected chi connectivity index (χ3v) is 3.35. The summed E-state index contributed by atoms with van der Waals surface area (Å²) in [4.78, 5) is 27.0. The Morgan fingerprint density at radius 3 is 2.65 bits per heavy atom. The maximum atomic E-state index is 11.5. The minimum absolute atomic E-state index is 0.0801. The number of hydrogen-bond donors (Lipinski definition) is 2. The Kier molecular flexibility index (Phi) is 4.62. The van der Waals surface area contributed by atoms with E-state index in [4.69, 9.17) is 5.11 Å². The van der Waals surface area contributed by atoms with Crippen molar-refractivity contribution in [3.63, 3.8) is 0 Å². The fourth-order valence-corrected chi connectivity index (χ4v) is 2.15. The monoisotopic (exact) mass is 256 g/mol. The topological polar surface area (TPSA) is 79.3 Å². The number of carbonyl (C=O) groups excluding carboxylic acids is 1. The Morgan fingerprint density at radius 2 is 2.12 bits per heavy atom. The summed E-state index contributed by atoms with van der Waals surface area (Å²) in [5, 5.41) is 11.9. The number of carboxylic acid groups (broad SMARTS) is 1. The van der Waals surface area contributed by atoms with E-state index < -0.39 is 5.97 Å². The quantitative estimate of drug-likeness (QED) is 0.845. The molecule has 0 saturated heterocycles. The van der Waals surface area contributed by atoms with Crippen LogP contribution in [0.1, 0.15) is 30.8 Å². The number of aliphatic carboxylic acids is 1. The van der Waals surface area contributed by atoms with Crippen LogP contribution >= 0.6 is 11.3 Å². The molecule has 0 aromatic carbocycles. The minimum Gasteiger partial charge on any atom is -0.481 e. The Labute approximate surface area is 104 Å². The van der Waals surface area contributed by atoms with Gasteiger partial charge < -0.3 is 10.4 Å². The van der Waals surface area contributed by atoms with E-state index >= 15 is 0 Å². The lowest BCUT2D eigenvalue weighted by atomic mass is 10.2. The van der Waals surface area contributed by atoms with E-state index in [1.807, 2.05) is 6.92 Å². The lowest BCUT2D eigenvalue weighted by molar-refractivity contribution is -0.137. The predicted octanol–water partition coefficient (Wildman–Crippen LogP) is 2.06. The maximum absolute atomic E-state index is 11.5. The Hall–Kier alpha value is -1.43. The Morgan fingerprint density at radius 1 is 1.47 bits per heavy atom. The molecule has 1 heterocycles. The number of carboxylic acids is 1. The summed E-state index contributed by atoms with van der Waals surface area (Å²) >= 11 is 1.34. The molecule has 0 radical (unpaired) electrons. The molecule has 0 aliphatic carbocycles. The molecule has 0 aliphatic rings. The van der Waals surface area contributed by atoms with Gasteiger partial charge in [-0.2, -0.15) is 0 Å². The summed E-state index contributed by atoms with van der Waals surface area (Å²) in [6.07, 6.45) is 0.539. The van der Waals surface area contributed by atoms with E-state index in [2.05, 4.69) is 10.3 Å². The van der Waals surface area contributed by atoms with Gasteiger partial charge in [-0.1, -0.05) is 13.8 Å². The van der Waals surface area contributed by atoms with Gasteiger partial charge in [-0.15, -0.1) is 11.3 Å². The first-order valence-corrected chi connectivity index (χ1v) is 6.20. The summed E-state index contributed by atoms with van der Waals surface area (Å²) in [7, 11) is 0. The van der Waals surface area contributed by atoms with Crippen molar-refractivity contribution < 1.29 is 14.7 Å². The van der Waals surface area contributed by atoms with E-state index in [1.54, 1.807) is 13.8 Å². The minimum atomic E-state index is -0.828. The van der Waals surface area contributed by atoms with Gasteiger partial charge in [0.05, 0.1) is 12.1 Å². The SMILES string of the molecule is Cc1nc(NC(=O)C(C)C)sc1CCC(=O)O. The van der Waals surface area contributed by atoms with E-state index in [0.717, 1.165) is 10.6 Å². The van der Waals surface area contributed by atoms with Gasteiger partial charge in [-0.3, -0.25) is 9.59 Å². The summed E-state index contributed by atoms with van der Waals surface area (Å²) in [5.41, 5.74) is 0.787. The third kappa shape index (κ3) is 4.14. The van der Waals surface area contributed by atoms with Crippen molar-refractivity contribution in [3.05, 3.63) is 10.6 Å². The van der Waals surface area contributed by atoms with Crippen molar-refractivity contribution in [2.45, 2.75) is 33.6 Å². The molecule has 1 aromatic heterocycles. The van der Waals surface area contributed by atoms with Gasteiger partial charge in [-0.05, 0) is 13.3 Å². The molecule has 6 heteroatoms. The van der Waals surface area contributed by atoms with Crippen LogP contribution in [0.4, 0.5) is 5.13 Å². The molecule has 17 heavy (non-hydrogen) atoms. The van der Waals surface area contributed by atoms with Crippen LogP contribution in [0.5, 0.6) is 0 Å². The first-order chi connectivity index (χ1) is 7.90. The van der Waals surface area contributed by atoms with Crippen LogP contribution in [0.25, 0.3) is 0 Å². The van der Waals surface area contributed by atoms with E-state index in [9.17, 15) is 9.59 Å². The molecule has 0 bridgehead atoms. The standard InChI is InChI=1S/C11H16N2O3S/c1-6(2)10(16)13-11-12-7(3)8(17-11)4-5-9(14)15/h6H,4-5H2,1-3H3,(H,14,15)(H,12,13,16). The zero-order valence-electron chi connectivity index (χ0n) is 10.1. The molecule has 2 N–H and O–H groups in total. The number of aryl methyl sites for hydroxylation is 2. The molecule has 0 aliphatic heterocycles. The van der Waals surface area contributed by atoms with E-state index in [0.29, 0.717) is 11.6 Å². The number of nitrogens with zero attached hydrogens (tertiary/aromatic N) is 1. The van der Waals surface area contributed by atoms with Crippen LogP contribution in [-0.2, 0) is 16.0 Å². The molecule has 0 fully saturated rings. The molecular weight excluding hydrogens is 240 g/mol. The van der Waals surface area contributed by atoms with Gasteiger partial charge in [0.1, 0.15) is 0 Å². The highest BCUT2D eigenvalue weighted by Gasteiger charge is 2.13. The summed E-state index contributed by atoms with van der Waals surface area (Å²) in [5.74, 6) is -1.00. The lowest BCUT2D eigenvalue weighted by Crippen LogP contribution is -2.17. The summed E-state index contributed by atoms with van der Waals surface area (Å²) in [6, 6.07) is 0. The second-order valence-electron chi connectivity index (χ2n) is 4.07. The smallest absolute Gasteiger partial charge is 0.303 e. The second kappa shape index (κ2) is 5.77. The van der Waals surface area contributed by atoms with Crippen LogP contribution in [-0.4, -0.2) is 22.0 Å². The zero-order valence-corrected chi connectivity index (χ0v) is 10.9. The molecule has 0 atom stereocenters. The van der Waals surface area contributed by atoms with Crippen molar-refractivity contribution in [3.8, 4) is 0 Å². The highest BCUT2D eigenvalue weighted by molar-refractivity contribution is 7.15. The fraction of sp³-hybridized carbons (Fsp3) is 0.545. The summed E-state index contributed by atoms with van der Waals surface area (Å²) < 4.78 is 0. The van der Waals surface area contributed by atoms with Crippen LogP contribution < -0.4 is 5.32 Å². The molecule has 0 saturated carbocycles. The van der Waals surface area contributed by atoms with Crippen LogP contribution in [0.3, 0.4) is 0 Å². The maximum Gasteiger partial charge on any atom is 0.303 e. The van der Waals surface area contributed by atoms with Crippen LogP contribution in [0.15, 0.2) is 0 Å². The molecular formula is C11H16N2O3S. The van der Waals surface area contributed by atoms with Crippen molar-refractivity contribution in [2.24, 2.45) is 5.92 Å². The molecule has 1 aromatic rings. The van der Waals surface area contributed by atoms with Crippen molar-refractivity contribution in [1.29, 1.82) is 0 Å². The average Bonchev–Trinajstić information content (AvgIpc) is 2.55. The highest BCUT2D eigenvalue weighted by atomic mass is 32.1. The first-order valence-electron chi connectivity index (χ1n) is 5.39. The van der Waals surface area contributed by atoms with E-state index in [1.165, 1.54) is 11.3 Å². The molecule has 0 unspecified atom stereocenters. The number of carbonyl (C=O) groups is 2. The van der Waals surface area contributed by atoms with Crippen LogP contribution in [0, 0.1) is 12.8 Å². The predicted molar refractivity (Wildman–Crippen MR) is 66.3 cm³/mol. The van der Waals surface area contributed by atoms with Gasteiger partial charge in [0.15, 0.2) is 5.13 Å². The Bertz CT molecular complexity index is 426. The number of thiazole rings is 1. The van der Waals surface area contributed by atoms with Crippen molar-refractivity contribution >= 4 is 28.3 Å². The van der Waals surface area contributed by atoms with Gasteiger partial charge in [0.2, 0.25) is 5.91 Å². The number of aromatic nitrogens is 1. The lowest BCUT2D eigenvalue weighted by Gasteiger charge is -2.02. The number of amides is 1.